The molecule has 0 spiro atoms. The second-order valence-corrected chi connectivity index (χ2v) is 4.66. The van der Waals surface area contributed by atoms with Crippen LogP contribution in [0.3, 0.4) is 0 Å². The number of rotatable bonds is 3. The average Bonchev–Trinajstić information content (AvgIpc) is 2.30. The minimum absolute atomic E-state index is 0.639. The number of nitrogens with zero attached hydrogens (tertiary/aromatic N) is 1. The minimum Gasteiger partial charge on any atom is -0.380 e. The van der Waals surface area contributed by atoms with E-state index in [1.54, 1.807) is 12.4 Å². The summed E-state index contributed by atoms with van der Waals surface area (Å²) < 4.78 is 1.08. The van der Waals surface area contributed by atoms with E-state index in [0.717, 1.165) is 16.7 Å². The number of hydrogen-bond acceptors (Lipinski definition) is 2. The fraction of sp³-hybridized carbons (Fsp3) is 0.0833. The van der Waals surface area contributed by atoms with E-state index in [-0.39, 0.29) is 0 Å². The lowest BCUT2D eigenvalue weighted by Gasteiger charge is -2.07. The van der Waals surface area contributed by atoms with E-state index in [1.165, 1.54) is 5.56 Å². The molecule has 0 aliphatic rings. The number of halogens is 2. The third kappa shape index (κ3) is 2.97. The molecule has 2 rings (SSSR count). The molecular formula is C12H10BrClN2. The van der Waals surface area contributed by atoms with Gasteiger partial charge in [-0.2, -0.15) is 0 Å². The van der Waals surface area contributed by atoms with Crippen molar-refractivity contribution >= 4 is 33.2 Å². The predicted molar refractivity (Wildman–Crippen MR) is 70.7 cm³/mol. The SMILES string of the molecule is Clc1cnccc1NCc1ccc(Br)cc1. The molecule has 4 heteroatoms. The van der Waals surface area contributed by atoms with Gasteiger partial charge in [-0.15, -0.1) is 0 Å². The highest BCUT2D eigenvalue weighted by atomic mass is 79.9. The van der Waals surface area contributed by atoms with Gasteiger partial charge in [-0.3, -0.25) is 4.98 Å². The van der Waals surface area contributed by atoms with E-state index in [9.17, 15) is 0 Å². The zero-order valence-electron chi connectivity index (χ0n) is 8.45. The van der Waals surface area contributed by atoms with Crippen LogP contribution in [0.2, 0.25) is 5.02 Å². The van der Waals surface area contributed by atoms with Crippen LogP contribution in [0.5, 0.6) is 0 Å². The second-order valence-electron chi connectivity index (χ2n) is 3.34. The summed E-state index contributed by atoms with van der Waals surface area (Å²) in [6.45, 7) is 0.747. The van der Waals surface area contributed by atoms with Crippen LogP contribution in [-0.4, -0.2) is 4.98 Å². The van der Waals surface area contributed by atoms with Crippen molar-refractivity contribution in [2.45, 2.75) is 6.54 Å². The maximum absolute atomic E-state index is 5.98. The number of anilines is 1. The van der Waals surface area contributed by atoms with Crippen LogP contribution in [-0.2, 0) is 6.54 Å². The van der Waals surface area contributed by atoms with Crippen molar-refractivity contribution in [3.05, 3.63) is 57.8 Å². The monoisotopic (exact) mass is 296 g/mol. The fourth-order valence-electron chi connectivity index (χ4n) is 1.32. The molecule has 1 aromatic carbocycles. The predicted octanol–water partition coefficient (Wildman–Crippen LogP) is 4.11. The van der Waals surface area contributed by atoms with Gasteiger partial charge in [0.25, 0.3) is 0 Å². The standard InChI is InChI=1S/C12H10BrClN2/c13-10-3-1-9(2-4-10)7-16-12-5-6-15-8-11(12)14/h1-6,8H,7H2,(H,15,16). The lowest BCUT2D eigenvalue weighted by molar-refractivity contribution is 1.14. The maximum atomic E-state index is 5.98. The van der Waals surface area contributed by atoms with Gasteiger partial charge in [-0.1, -0.05) is 39.7 Å². The Morgan fingerprint density at radius 1 is 1.19 bits per heavy atom. The van der Waals surface area contributed by atoms with Crippen LogP contribution in [0.1, 0.15) is 5.56 Å². The lowest BCUT2D eigenvalue weighted by Crippen LogP contribution is -1.99. The van der Waals surface area contributed by atoms with Crippen LogP contribution in [0.25, 0.3) is 0 Å². The van der Waals surface area contributed by atoms with Gasteiger partial charge in [-0.25, -0.2) is 0 Å². The first-order valence-corrected chi connectivity index (χ1v) is 6.00. The molecule has 2 nitrogen and oxygen atoms in total. The molecule has 1 N–H and O–H groups in total. The van der Waals surface area contributed by atoms with Gasteiger partial charge in [-0.05, 0) is 23.8 Å². The van der Waals surface area contributed by atoms with Crippen molar-refractivity contribution in [2.75, 3.05) is 5.32 Å². The van der Waals surface area contributed by atoms with Crippen LogP contribution in [0.15, 0.2) is 47.2 Å². The Hall–Kier alpha value is -1.06. The molecule has 0 atom stereocenters. The van der Waals surface area contributed by atoms with Crippen LogP contribution >= 0.6 is 27.5 Å². The zero-order valence-corrected chi connectivity index (χ0v) is 10.8. The summed E-state index contributed by atoms with van der Waals surface area (Å²) in [5, 5.41) is 3.90. The van der Waals surface area contributed by atoms with Gasteiger partial charge in [0.15, 0.2) is 0 Å². The Kier molecular flexibility index (Phi) is 3.80. The number of nitrogens with one attached hydrogen (secondary N) is 1. The summed E-state index contributed by atoms with van der Waals surface area (Å²) in [5.41, 5.74) is 2.11. The summed E-state index contributed by atoms with van der Waals surface area (Å²) in [6, 6.07) is 10.0. The summed E-state index contributed by atoms with van der Waals surface area (Å²) in [4.78, 5) is 3.93. The summed E-state index contributed by atoms with van der Waals surface area (Å²) in [5.74, 6) is 0. The van der Waals surface area contributed by atoms with E-state index in [2.05, 4.69) is 38.4 Å². The highest BCUT2D eigenvalue weighted by molar-refractivity contribution is 9.10. The van der Waals surface area contributed by atoms with Gasteiger partial charge >= 0.3 is 0 Å². The van der Waals surface area contributed by atoms with E-state index in [1.807, 2.05) is 18.2 Å². The number of benzene rings is 1. The second kappa shape index (κ2) is 5.32. The number of pyridine rings is 1. The van der Waals surface area contributed by atoms with Crippen molar-refractivity contribution in [2.24, 2.45) is 0 Å². The molecule has 0 saturated carbocycles. The molecular weight excluding hydrogens is 288 g/mol. The van der Waals surface area contributed by atoms with Crippen LogP contribution < -0.4 is 5.32 Å². The van der Waals surface area contributed by atoms with Crippen molar-refractivity contribution in [1.82, 2.24) is 4.98 Å². The molecule has 0 aliphatic carbocycles. The van der Waals surface area contributed by atoms with E-state index >= 15 is 0 Å². The fourth-order valence-corrected chi connectivity index (χ4v) is 1.77. The van der Waals surface area contributed by atoms with Crippen LogP contribution in [0, 0.1) is 0 Å². The van der Waals surface area contributed by atoms with Crippen molar-refractivity contribution < 1.29 is 0 Å². The molecule has 0 saturated heterocycles. The van der Waals surface area contributed by atoms with Gasteiger partial charge in [0.05, 0.1) is 10.7 Å². The van der Waals surface area contributed by atoms with Gasteiger partial charge < -0.3 is 5.32 Å². The van der Waals surface area contributed by atoms with E-state index in [4.69, 9.17) is 11.6 Å². The third-order valence-corrected chi connectivity index (χ3v) is 3.00. The molecule has 2 aromatic rings. The Labute approximate surface area is 108 Å². The normalized spacial score (nSPS) is 10.1. The number of aromatic nitrogens is 1. The zero-order chi connectivity index (χ0) is 11.4. The highest BCUT2D eigenvalue weighted by Crippen LogP contribution is 2.20. The first-order chi connectivity index (χ1) is 7.75. The molecule has 0 bridgehead atoms. The van der Waals surface area contributed by atoms with Gasteiger partial charge in [0, 0.05) is 23.4 Å². The Morgan fingerprint density at radius 3 is 2.62 bits per heavy atom. The summed E-state index contributed by atoms with van der Waals surface area (Å²) >= 11 is 9.39. The maximum Gasteiger partial charge on any atom is 0.0820 e. The van der Waals surface area contributed by atoms with Gasteiger partial charge in [0.1, 0.15) is 0 Å². The Balaban J connectivity index is 2.02. The molecule has 1 aromatic heterocycles. The molecule has 16 heavy (non-hydrogen) atoms. The Morgan fingerprint density at radius 2 is 1.94 bits per heavy atom. The first-order valence-electron chi connectivity index (χ1n) is 4.83. The molecule has 82 valence electrons. The smallest absolute Gasteiger partial charge is 0.0820 e. The van der Waals surface area contributed by atoms with E-state index in [0.29, 0.717) is 5.02 Å². The average molecular weight is 298 g/mol. The highest BCUT2D eigenvalue weighted by Gasteiger charge is 1.98. The lowest BCUT2D eigenvalue weighted by atomic mass is 10.2. The van der Waals surface area contributed by atoms with Gasteiger partial charge in [0.2, 0.25) is 0 Å². The van der Waals surface area contributed by atoms with Crippen LogP contribution in [0.4, 0.5) is 5.69 Å². The molecule has 0 unspecified atom stereocenters. The summed E-state index contributed by atoms with van der Waals surface area (Å²) in [7, 11) is 0. The summed E-state index contributed by atoms with van der Waals surface area (Å²) in [6.07, 6.45) is 3.35. The van der Waals surface area contributed by atoms with Crippen molar-refractivity contribution in [3.63, 3.8) is 0 Å². The molecule has 0 fully saturated rings. The Bertz CT molecular complexity index is 471. The number of hydrogen-bond donors (Lipinski definition) is 1. The first kappa shape index (κ1) is 11.4. The van der Waals surface area contributed by atoms with E-state index < -0.39 is 0 Å². The molecule has 0 amide bonds. The third-order valence-electron chi connectivity index (χ3n) is 2.17. The quantitative estimate of drug-likeness (QED) is 0.922. The minimum atomic E-state index is 0.639. The topological polar surface area (TPSA) is 24.9 Å². The van der Waals surface area contributed by atoms with Crippen molar-refractivity contribution in [3.8, 4) is 0 Å². The van der Waals surface area contributed by atoms with Crippen molar-refractivity contribution in [1.29, 1.82) is 0 Å². The molecule has 0 aliphatic heterocycles. The largest absolute Gasteiger partial charge is 0.380 e. The molecule has 0 radical (unpaired) electrons. The molecule has 1 heterocycles.